The van der Waals surface area contributed by atoms with Crippen LogP contribution in [0, 0.1) is 5.82 Å². The monoisotopic (exact) mass is 353 g/mol. The summed E-state index contributed by atoms with van der Waals surface area (Å²) in [6, 6.07) is 8.45. The molecule has 1 N–H and O–H groups in total. The van der Waals surface area contributed by atoms with E-state index in [4.69, 9.17) is 11.6 Å². The summed E-state index contributed by atoms with van der Waals surface area (Å²) in [4.78, 5) is -0.453. The average Bonchev–Trinajstić information content (AvgIpc) is 2.88. The van der Waals surface area contributed by atoms with Gasteiger partial charge in [0.15, 0.2) is 0 Å². The van der Waals surface area contributed by atoms with Gasteiger partial charge in [0.2, 0.25) is 0 Å². The summed E-state index contributed by atoms with van der Waals surface area (Å²) in [6.07, 6.45) is 1.70. The molecule has 0 radical (unpaired) electrons. The van der Waals surface area contributed by atoms with E-state index in [-0.39, 0.29) is 5.02 Å². The highest BCUT2D eigenvalue weighted by atomic mass is 35.5. The van der Waals surface area contributed by atoms with Crippen LogP contribution in [-0.2, 0) is 16.6 Å². The summed E-state index contributed by atoms with van der Waals surface area (Å²) in [5.74, 6) is -0.898. The van der Waals surface area contributed by atoms with Gasteiger partial charge in [-0.2, -0.15) is 5.10 Å². The largest absolute Gasteiger partial charge is 0.279 e. The van der Waals surface area contributed by atoms with Crippen molar-refractivity contribution < 1.29 is 12.8 Å². The van der Waals surface area contributed by atoms with E-state index in [1.165, 1.54) is 6.07 Å². The molecule has 0 aliphatic rings. The fraction of sp³-hybridized carbons (Fsp3) is 0.133. The Balaban J connectivity index is 2.00. The second-order valence-corrected chi connectivity index (χ2v) is 7.00. The summed E-state index contributed by atoms with van der Waals surface area (Å²) in [7, 11) is -4.05. The molecule has 0 amide bonds. The highest BCUT2D eigenvalue weighted by Gasteiger charge is 2.19. The number of fused-ring (bicyclic) bond motifs is 1. The third kappa shape index (κ3) is 3.02. The minimum atomic E-state index is -4.05. The number of aryl methyl sites for hydroxylation is 1. The fourth-order valence-corrected chi connectivity index (χ4v) is 3.56. The molecule has 0 atom stereocenters. The van der Waals surface area contributed by atoms with Crippen LogP contribution in [0.15, 0.2) is 47.5 Å². The van der Waals surface area contributed by atoms with Crippen molar-refractivity contribution in [2.75, 3.05) is 4.72 Å². The molecule has 0 bridgehead atoms. The lowest BCUT2D eigenvalue weighted by Crippen LogP contribution is -2.14. The van der Waals surface area contributed by atoms with Crippen LogP contribution in [0.3, 0.4) is 0 Å². The van der Waals surface area contributed by atoms with Crippen LogP contribution in [0.4, 0.5) is 10.1 Å². The summed E-state index contributed by atoms with van der Waals surface area (Å²) < 4.78 is 42.7. The van der Waals surface area contributed by atoms with Crippen LogP contribution < -0.4 is 4.72 Å². The van der Waals surface area contributed by atoms with Gasteiger partial charge in [0.25, 0.3) is 10.0 Å². The zero-order chi connectivity index (χ0) is 16.6. The number of nitrogens with zero attached hydrogens (tertiary/aromatic N) is 2. The van der Waals surface area contributed by atoms with Crippen LogP contribution in [-0.4, -0.2) is 18.2 Å². The average molecular weight is 354 g/mol. The molecular formula is C15H13ClFN3O2S. The van der Waals surface area contributed by atoms with Gasteiger partial charge in [-0.1, -0.05) is 11.6 Å². The second-order valence-electron chi connectivity index (χ2n) is 4.91. The number of benzene rings is 2. The first-order valence-corrected chi connectivity index (χ1v) is 8.70. The zero-order valence-electron chi connectivity index (χ0n) is 12.1. The third-order valence-corrected chi connectivity index (χ3v) is 5.03. The van der Waals surface area contributed by atoms with E-state index < -0.39 is 20.7 Å². The topological polar surface area (TPSA) is 64.0 Å². The normalized spacial score (nSPS) is 11.8. The Morgan fingerprint density at radius 3 is 2.74 bits per heavy atom. The second kappa shape index (κ2) is 5.82. The molecule has 1 aromatic heterocycles. The van der Waals surface area contributed by atoms with Gasteiger partial charge in [-0.3, -0.25) is 9.40 Å². The molecule has 3 rings (SSSR count). The van der Waals surface area contributed by atoms with Crippen molar-refractivity contribution >= 4 is 38.2 Å². The molecule has 0 aliphatic heterocycles. The van der Waals surface area contributed by atoms with Crippen LogP contribution >= 0.6 is 11.6 Å². The summed E-state index contributed by atoms with van der Waals surface area (Å²) in [6.45, 7) is 2.60. The number of aromatic nitrogens is 2. The maximum absolute atomic E-state index is 13.9. The predicted molar refractivity (Wildman–Crippen MR) is 87.6 cm³/mol. The molecule has 1 heterocycles. The first kappa shape index (κ1) is 15.8. The van der Waals surface area contributed by atoms with Crippen LogP contribution in [0.25, 0.3) is 10.9 Å². The number of halogens is 2. The lowest BCUT2D eigenvalue weighted by molar-refractivity contribution is 0.570. The summed E-state index contributed by atoms with van der Waals surface area (Å²) >= 11 is 5.65. The highest BCUT2D eigenvalue weighted by molar-refractivity contribution is 7.92. The standard InChI is InChI=1S/C15H13ClFN3O2S/c1-2-20-14-8-12(5-3-10(14)9-18-20)19-23(21,22)15-6-4-11(16)7-13(15)17/h3-9,19H,2H2,1H3. The van der Waals surface area contributed by atoms with E-state index in [1.54, 1.807) is 29.1 Å². The Hall–Kier alpha value is -2.12. The summed E-state index contributed by atoms with van der Waals surface area (Å²) in [5.41, 5.74) is 1.13. The van der Waals surface area contributed by atoms with Gasteiger partial charge >= 0.3 is 0 Å². The van der Waals surface area contributed by atoms with Crippen molar-refractivity contribution in [1.82, 2.24) is 9.78 Å². The Morgan fingerprint density at radius 2 is 2.04 bits per heavy atom. The van der Waals surface area contributed by atoms with Crippen molar-refractivity contribution in [3.8, 4) is 0 Å². The maximum Gasteiger partial charge on any atom is 0.264 e. The van der Waals surface area contributed by atoms with Gasteiger partial charge in [0.1, 0.15) is 10.7 Å². The van der Waals surface area contributed by atoms with Gasteiger partial charge in [0.05, 0.1) is 17.4 Å². The highest BCUT2D eigenvalue weighted by Crippen LogP contribution is 2.24. The molecule has 0 spiro atoms. The smallest absolute Gasteiger partial charge is 0.264 e. The number of hydrogen-bond donors (Lipinski definition) is 1. The first-order chi connectivity index (χ1) is 10.9. The molecule has 0 saturated carbocycles. The third-order valence-electron chi connectivity index (χ3n) is 3.38. The minimum Gasteiger partial charge on any atom is -0.279 e. The van der Waals surface area contributed by atoms with Crippen LogP contribution in [0.2, 0.25) is 5.02 Å². The Labute approximate surface area is 137 Å². The molecule has 0 unspecified atom stereocenters. The van der Waals surface area contributed by atoms with E-state index in [9.17, 15) is 12.8 Å². The summed E-state index contributed by atoms with van der Waals surface area (Å²) in [5, 5.41) is 5.23. The van der Waals surface area contributed by atoms with E-state index in [0.29, 0.717) is 12.2 Å². The van der Waals surface area contributed by atoms with Crippen molar-refractivity contribution in [3.05, 3.63) is 53.4 Å². The number of hydrogen-bond acceptors (Lipinski definition) is 3. The van der Waals surface area contributed by atoms with Crippen LogP contribution in [0.1, 0.15) is 6.92 Å². The fourth-order valence-electron chi connectivity index (χ4n) is 2.29. The lowest BCUT2D eigenvalue weighted by atomic mass is 10.2. The zero-order valence-corrected chi connectivity index (χ0v) is 13.7. The predicted octanol–water partition coefficient (Wildman–Crippen LogP) is 3.65. The van der Waals surface area contributed by atoms with Gasteiger partial charge in [-0.25, -0.2) is 12.8 Å². The minimum absolute atomic E-state index is 0.134. The van der Waals surface area contributed by atoms with Crippen LogP contribution in [0.5, 0.6) is 0 Å². The van der Waals surface area contributed by atoms with Crippen molar-refractivity contribution in [3.63, 3.8) is 0 Å². The molecule has 5 nitrogen and oxygen atoms in total. The molecule has 23 heavy (non-hydrogen) atoms. The maximum atomic E-state index is 13.9. The number of anilines is 1. The van der Waals surface area contributed by atoms with Gasteiger partial charge in [-0.15, -0.1) is 0 Å². The molecule has 120 valence electrons. The van der Waals surface area contributed by atoms with Gasteiger partial charge in [-0.05, 0) is 43.3 Å². The van der Waals surface area contributed by atoms with E-state index in [2.05, 4.69) is 9.82 Å². The molecular weight excluding hydrogens is 341 g/mol. The molecule has 2 aromatic carbocycles. The molecule has 0 fully saturated rings. The number of rotatable bonds is 4. The van der Waals surface area contributed by atoms with Gasteiger partial charge in [0, 0.05) is 17.0 Å². The van der Waals surface area contributed by atoms with Gasteiger partial charge < -0.3 is 0 Å². The first-order valence-electron chi connectivity index (χ1n) is 6.84. The molecule has 0 saturated heterocycles. The lowest BCUT2D eigenvalue weighted by Gasteiger charge is -2.09. The SMILES string of the molecule is CCn1ncc2ccc(NS(=O)(=O)c3ccc(Cl)cc3F)cc21. The number of sulfonamides is 1. The van der Waals surface area contributed by atoms with Crippen molar-refractivity contribution in [2.45, 2.75) is 18.4 Å². The van der Waals surface area contributed by atoms with E-state index in [1.807, 2.05) is 6.92 Å². The van der Waals surface area contributed by atoms with E-state index in [0.717, 1.165) is 23.0 Å². The Bertz CT molecular complexity index is 986. The molecule has 8 heteroatoms. The van der Waals surface area contributed by atoms with Crippen molar-refractivity contribution in [1.29, 1.82) is 0 Å². The van der Waals surface area contributed by atoms with Crippen molar-refractivity contribution in [2.24, 2.45) is 0 Å². The Morgan fingerprint density at radius 1 is 1.26 bits per heavy atom. The Kier molecular flexibility index (Phi) is 3.99. The number of nitrogens with one attached hydrogen (secondary N) is 1. The van der Waals surface area contributed by atoms with E-state index >= 15 is 0 Å². The quantitative estimate of drug-likeness (QED) is 0.778. The molecule has 0 aliphatic carbocycles. The molecule has 3 aromatic rings.